The van der Waals surface area contributed by atoms with Crippen molar-refractivity contribution in [2.24, 2.45) is 0 Å². The molecule has 2 N–H and O–H groups in total. The summed E-state index contributed by atoms with van der Waals surface area (Å²) in [6, 6.07) is 6.06. The summed E-state index contributed by atoms with van der Waals surface area (Å²) in [7, 11) is -1.14. The van der Waals surface area contributed by atoms with E-state index in [1.807, 2.05) is 18.2 Å². The molecule has 1 aromatic carbocycles. The molecule has 2 atom stereocenters. The highest BCUT2D eigenvalue weighted by atomic mass is 32.2. The quantitative estimate of drug-likeness (QED) is 0.618. The van der Waals surface area contributed by atoms with Crippen molar-refractivity contribution in [2.45, 2.75) is 22.9 Å². The third-order valence-corrected chi connectivity index (χ3v) is 8.21. The van der Waals surface area contributed by atoms with Gasteiger partial charge in [0.25, 0.3) is 0 Å². The first-order valence-corrected chi connectivity index (χ1v) is 12.4. The van der Waals surface area contributed by atoms with Gasteiger partial charge in [-0.3, -0.25) is 4.21 Å². The van der Waals surface area contributed by atoms with Crippen LogP contribution < -0.4 is 19.9 Å². The average molecular weight is 468 g/mol. The van der Waals surface area contributed by atoms with E-state index in [1.54, 1.807) is 0 Å². The summed E-state index contributed by atoms with van der Waals surface area (Å²) in [5.41, 5.74) is 2.12. The molecule has 172 valence electrons. The number of nitrogens with zero attached hydrogens (tertiary/aromatic N) is 4. The molecule has 9 nitrogen and oxygen atoms in total. The minimum atomic E-state index is -1.14. The average Bonchev–Trinajstić information content (AvgIpc) is 3.21. The van der Waals surface area contributed by atoms with Gasteiger partial charge in [-0.25, -0.2) is 4.98 Å². The summed E-state index contributed by atoms with van der Waals surface area (Å²) < 4.78 is 24.0. The zero-order valence-corrected chi connectivity index (χ0v) is 18.9. The van der Waals surface area contributed by atoms with Crippen LogP contribution in [0.4, 0.5) is 17.5 Å². The van der Waals surface area contributed by atoms with Crippen molar-refractivity contribution >= 4 is 28.3 Å². The molecule has 6 rings (SSSR count). The zero-order chi connectivity index (χ0) is 22.6. The number of aliphatic hydroxyl groups is 1. The monoisotopic (exact) mass is 467 g/mol. The van der Waals surface area contributed by atoms with Gasteiger partial charge in [0.15, 0.2) is 0 Å². The van der Waals surface area contributed by atoms with Crippen molar-refractivity contribution in [3.63, 3.8) is 0 Å². The van der Waals surface area contributed by atoms with Gasteiger partial charge in [0.1, 0.15) is 28.6 Å². The van der Waals surface area contributed by atoms with Gasteiger partial charge < -0.3 is 29.7 Å². The minimum absolute atomic E-state index is 0.0768. The number of aromatic nitrogens is 2. The van der Waals surface area contributed by atoms with Gasteiger partial charge in [0, 0.05) is 37.4 Å². The van der Waals surface area contributed by atoms with Crippen LogP contribution in [0.3, 0.4) is 0 Å². The largest absolute Gasteiger partial charge is 0.489 e. The molecule has 33 heavy (non-hydrogen) atoms. The molecule has 10 heteroatoms. The third-order valence-electron chi connectivity index (χ3n) is 6.75. The Hall–Kier alpha value is -2.87. The van der Waals surface area contributed by atoms with E-state index in [-0.39, 0.29) is 12.6 Å². The van der Waals surface area contributed by atoms with Crippen molar-refractivity contribution in [2.75, 3.05) is 66.9 Å². The molecule has 2 aromatic rings. The second kappa shape index (κ2) is 7.87. The number of rotatable bonds is 4. The number of aliphatic hydroxyl groups excluding tert-OH is 1. The maximum absolute atomic E-state index is 12.7. The summed E-state index contributed by atoms with van der Waals surface area (Å²) in [6.45, 7) is 3.54. The highest BCUT2D eigenvalue weighted by molar-refractivity contribution is 7.85. The molecule has 0 saturated carbocycles. The van der Waals surface area contributed by atoms with Gasteiger partial charge in [-0.1, -0.05) is 5.92 Å². The lowest BCUT2D eigenvalue weighted by Crippen LogP contribution is -2.59. The number of piperazine rings is 1. The van der Waals surface area contributed by atoms with E-state index >= 15 is 0 Å². The zero-order valence-electron chi connectivity index (χ0n) is 18.1. The van der Waals surface area contributed by atoms with Gasteiger partial charge >= 0.3 is 0 Å². The number of hydrogen-bond donors (Lipinski definition) is 2. The molecule has 1 aromatic heterocycles. The molecule has 0 amide bonds. The highest BCUT2D eigenvalue weighted by Crippen LogP contribution is 2.37. The van der Waals surface area contributed by atoms with Crippen molar-refractivity contribution in [3.8, 4) is 18.1 Å². The van der Waals surface area contributed by atoms with Crippen molar-refractivity contribution in [1.29, 1.82) is 0 Å². The van der Waals surface area contributed by atoms with E-state index in [4.69, 9.17) is 25.9 Å². The highest BCUT2D eigenvalue weighted by Gasteiger charge is 2.41. The Balaban J connectivity index is 1.28. The van der Waals surface area contributed by atoms with Crippen LogP contribution in [-0.2, 0) is 22.0 Å². The number of benzene rings is 1. The maximum atomic E-state index is 12.7. The fraction of sp³-hybridized carbons (Fsp3) is 0.478. The topological polar surface area (TPSA) is 100 Å². The summed E-state index contributed by atoms with van der Waals surface area (Å²) in [5.74, 6) is 5.21. The smallest absolute Gasteiger partial charge is 0.227 e. The Morgan fingerprint density at radius 1 is 1.33 bits per heavy atom. The normalized spacial score (nSPS) is 24.6. The molecule has 0 radical (unpaired) electrons. The van der Waals surface area contributed by atoms with Gasteiger partial charge in [0.05, 0.1) is 48.0 Å². The van der Waals surface area contributed by atoms with E-state index < -0.39 is 16.3 Å². The van der Waals surface area contributed by atoms with Crippen LogP contribution in [0.15, 0.2) is 23.1 Å². The molecule has 0 bridgehead atoms. The number of ether oxygens (including phenoxy) is 2. The lowest BCUT2D eigenvalue weighted by atomic mass is 9.99. The summed E-state index contributed by atoms with van der Waals surface area (Å²) in [5, 5.41) is 13.2. The van der Waals surface area contributed by atoms with Gasteiger partial charge in [-0.15, -0.1) is 6.42 Å². The van der Waals surface area contributed by atoms with Gasteiger partial charge in [-0.05, 0) is 18.2 Å². The van der Waals surface area contributed by atoms with Crippen LogP contribution in [0.25, 0.3) is 0 Å². The predicted octanol–water partition coefficient (Wildman–Crippen LogP) is 0.382. The molecule has 0 spiro atoms. The third kappa shape index (κ3) is 3.42. The Bertz CT molecular complexity index is 1170. The van der Waals surface area contributed by atoms with Gasteiger partial charge in [-0.2, -0.15) is 4.98 Å². The van der Waals surface area contributed by atoms with Crippen LogP contribution in [0.2, 0.25) is 0 Å². The molecular formula is C23H25N5O4S. The fourth-order valence-electron chi connectivity index (χ4n) is 4.85. The Morgan fingerprint density at radius 2 is 2.21 bits per heavy atom. The van der Waals surface area contributed by atoms with Crippen LogP contribution >= 0.6 is 0 Å². The molecule has 0 unspecified atom stereocenters. The summed E-state index contributed by atoms with van der Waals surface area (Å²) in [6.07, 6.45) is 6.19. The van der Waals surface area contributed by atoms with Crippen molar-refractivity contribution in [3.05, 3.63) is 29.5 Å². The number of nitrogens with one attached hydrogen (secondary N) is 1. The lowest BCUT2D eigenvalue weighted by molar-refractivity contribution is -0.0653. The molecule has 5 heterocycles. The molecule has 2 saturated heterocycles. The van der Waals surface area contributed by atoms with Crippen molar-refractivity contribution < 1.29 is 18.8 Å². The Kier molecular flexibility index (Phi) is 4.94. The molecular weight excluding hydrogens is 442 g/mol. The number of fused-ring (bicyclic) bond motifs is 4. The molecule has 2 fully saturated rings. The van der Waals surface area contributed by atoms with Gasteiger partial charge in [0.2, 0.25) is 5.95 Å². The van der Waals surface area contributed by atoms with E-state index in [9.17, 15) is 9.32 Å². The number of anilines is 3. The van der Waals surface area contributed by atoms with Crippen LogP contribution in [-0.4, -0.2) is 82.7 Å². The first-order chi connectivity index (χ1) is 16.1. The first kappa shape index (κ1) is 20.7. The molecule has 4 aliphatic heterocycles. The number of terminal acetylenes is 1. The van der Waals surface area contributed by atoms with Crippen LogP contribution in [0, 0.1) is 12.3 Å². The second-order valence-electron chi connectivity index (χ2n) is 8.94. The van der Waals surface area contributed by atoms with Crippen LogP contribution in [0.1, 0.15) is 11.3 Å². The van der Waals surface area contributed by atoms with E-state index in [0.717, 1.165) is 35.8 Å². The van der Waals surface area contributed by atoms with Crippen molar-refractivity contribution in [1.82, 2.24) is 9.97 Å². The predicted molar refractivity (Wildman–Crippen MR) is 124 cm³/mol. The second-order valence-corrected chi connectivity index (χ2v) is 10.4. The van der Waals surface area contributed by atoms with E-state index in [0.29, 0.717) is 55.2 Å². The molecule has 0 aliphatic carbocycles. The summed E-state index contributed by atoms with van der Waals surface area (Å²) >= 11 is 0. The SMILES string of the molecule is C#Cc1ccc2c(c1)OC[C@@H]1CN(c3nc4c(c(NC5(CO)COC5)n3)[S@](=O)CC4)CCN21. The van der Waals surface area contributed by atoms with Crippen LogP contribution in [0.5, 0.6) is 5.75 Å². The minimum Gasteiger partial charge on any atom is -0.489 e. The molecule has 4 aliphatic rings. The maximum Gasteiger partial charge on any atom is 0.227 e. The first-order valence-electron chi connectivity index (χ1n) is 11.1. The fourth-order valence-corrected chi connectivity index (χ4v) is 6.16. The standard InChI is InChI=1S/C23H25N5O4S/c1-2-15-3-4-18-19(9-15)32-11-16-10-27(6-7-28(16)18)22-24-17-5-8-33(30)20(17)21(25-22)26-23(12-29)13-31-14-23/h1,3-4,9,16,29H,5-8,10-14H2,(H,24,25,26)/t16-,33+/m0/s1. The Morgan fingerprint density at radius 3 is 2.97 bits per heavy atom. The van der Waals surface area contributed by atoms with E-state index in [1.165, 1.54) is 0 Å². The lowest BCUT2D eigenvalue weighted by Gasteiger charge is -2.45. The number of aryl methyl sites for hydroxylation is 1. The Labute approximate surface area is 194 Å². The summed E-state index contributed by atoms with van der Waals surface area (Å²) in [4.78, 5) is 14.8. The number of hydrogen-bond acceptors (Lipinski definition) is 9. The van der Waals surface area contributed by atoms with E-state index in [2.05, 4.69) is 21.0 Å².